The van der Waals surface area contributed by atoms with Crippen molar-refractivity contribution in [3.63, 3.8) is 0 Å². The van der Waals surface area contributed by atoms with E-state index in [0.717, 1.165) is 22.6 Å². The van der Waals surface area contributed by atoms with Crippen LogP contribution in [0.15, 0.2) is 36.4 Å². The van der Waals surface area contributed by atoms with Crippen LogP contribution < -0.4 is 14.8 Å². The molecule has 0 aliphatic carbocycles. The summed E-state index contributed by atoms with van der Waals surface area (Å²) in [6.07, 6.45) is 0. The number of benzene rings is 2. The number of fused-ring (bicyclic) bond motifs is 1. The molecule has 138 valence electrons. The Hall–Kier alpha value is -1.56. The van der Waals surface area contributed by atoms with Crippen molar-refractivity contribution >= 4 is 40.9 Å². The van der Waals surface area contributed by atoms with Crippen molar-refractivity contribution < 1.29 is 14.3 Å². The molecule has 1 atom stereocenters. The first-order valence-electron chi connectivity index (χ1n) is 8.23. The van der Waals surface area contributed by atoms with Gasteiger partial charge in [-0.15, -0.1) is 11.8 Å². The normalized spacial score (nSPS) is 14.0. The molecule has 0 radical (unpaired) electrons. The van der Waals surface area contributed by atoms with Crippen LogP contribution in [0.25, 0.3) is 0 Å². The van der Waals surface area contributed by atoms with Gasteiger partial charge in [-0.25, -0.2) is 0 Å². The number of thioether (sulfide) groups is 1. The van der Waals surface area contributed by atoms with Crippen molar-refractivity contribution in [1.29, 1.82) is 0 Å². The van der Waals surface area contributed by atoms with E-state index in [1.807, 2.05) is 31.2 Å². The minimum Gasteiger partial charge on any atom is -0.486 e. The summed E-state index contributed by atoms with van der Waals surface area (Å²) in [6.45, 7) is 3.05. The number of carbonyl (C=O) groups excluding carboxylic acids is 1. The molecule has 2 aromatic carbocycles. The van der Waals surface area contributed by atoms with Gasteiger partial charge in [0.25, 0.3) is 0 Å². The van der Waals surface area contributed by atoms with E-state index in [4.69, 9.17) is 32.7 Å². The highest BCUT2D eigenvalue weighted by Gasteiger charge is 2.16. The molecule has 1 aliphatic heterocycles. The van der Waals surface area contributed by atoms with E-state index >= 15 is 0 Å². The number of hydrogen-bond donors (Lipinski definition) is 1. The second-order valence-electron chi connectivity index (χ2n) is 5.92. The van der Waals surface area contributed by atoms with Crippen LogP contribution in [0.2, 0.25) is 10.0 Å². The molecular weight excluding hydrogens is 393 g/mol. The molecule has 0 saturated carbocycles. The number of nitrogens with one attached hydrogen (secondary N) is 1. The van der Waals surface area contributed by atoms with Crippen molar-refractivity contribution in [1.82, 2.24) is 5.32 Å². The first-order valence-corrected chi connectivity index (χ1v) is 10.1. The quantitative estimate of drug-likeness (QED) is 0.735. The summed E-state index contributed by atoms with van der Waals surface area (Å²) in [6, 6.07) is 11.0. The summed E-state index contributed by atoms with van der Waals surface area (Å²) in [7, 11) is 0. The molecule has 1 heterocycles. The summed E-state index contributed by atoms with van der Waals surface area (Å²) in [5, 5.41) is 4.23. The van der Waals surface area contributed by atoms with Crippen molar-refractivity contribution in [2.45, 2.75) is 18.7 Å². The third-order valence-corrected chi connectivity index (χ3v) is 5.52. The first-order chi connectivity index (χ1) is 12.5. The molecule has 0 fully saturated rings. The average Bonchev–Trinajstić information content (AvgIpc) is 2.63. The summed E-state index contributed by atoms with van der Waals surface area (Å²) < 4.78 is 11.1. The van der Waals surface area contributed by atoms with Gasteiger partial charge in [0.15, 0.2) is 11.5 Å². The fourth-order valence-corrected chi connectivity index (χ4v) is 3.99. The Labute approximate surface area is 167 Å². The largest absolute Gasteiger partial charge is 0.486 e. The Kier molecular flexibility index (Phi) is 6.57. The maximum atomic E-state index is 12.2. The van der Waals surface area contributed by atoms with Crippen LogP contribution in [0.3, 0.4) is 0 Å². The Morgan fingerprint density at radius 2 is 1.92 bits per heavy atom. The highest BCUT2D eigenvalue weighted by molar-refractivity contribution is 7.99. The molecule has 1 N–H and O–H groups in total. The lowest BCUT2D eigenvalue weighted by Gasteiger charge is -2.21. The standard InChI is InChI=1S/C19H19Cl2NO3S/c1-12(13-3-5-17-18(8-13)25-7-6-24-17)22-19(23)11-26-10-14-2-4-15(20)9-16(14)21/h2-5,8-9,12H,6-7,10-11H2,1H3,(H,22,23)/t12-/m1/s1. The second-order valence-corrected chi connectivity index (χ2v) is 7.75. The molecule has 0 spiro atoms. The second kappa shape index (κ2) is 8.89. The van der Waals surface area contributed by atoms with E-state index in [0.29, 0.717) is 34.8 Å². The van der Waals surface area contributed by atoms with Gasteiger partial charge in [0.2, 0.25) is 5.91 Å². The lowest BCUT2D eigenvalue weighted by molar-refractivity contribution is -0.119. The molecular formula is C19H19Cl2NO3S. The van der Waals surface area contributed by atoms with Crippen molar-refractivity contribution in [3.05, 3.63) is 57.6 Å². The number of hydrogen-bond acceptors (Lipinski definition) is 4. The van der Waals surface area contributed by atoms with Gasteiger partial charge >= 0.3 is 0 Å². The highest BCUT2D eigenvalue weighted by atomic mass is 35.5. The van der Waals surface area contributed by atoms with Crippen LogP contribution in [0.5, 0.6) is 11.5 Å². The first kappa shape index (κ1) is 19.2. The van der Waals surface area contributed by atoms with Crippen LogP contribution in [-0.4, -0.2) is 24.9 Å². The predicted octanol–water partition coefficient (Wildman–Crippen LogP) is 4.88. The molecule has 26 heavy (non-hydrogen) atoms. The fourth-order valence-electron chi connectivity index (χ4n) is 2.59. The highest BCUT2D eigenvalue weighted by Crippen LogP contribution is 2.32. The van der Waals surface area contributed by atoms with Gasteiger partial charge in [0, 0.05) is 15.8 Å². The number of ether oxygens (including phenoxy) is 2. The van der Waals surface area contributed by atoms with Crippen LogP contribution in [-0.2, 0) is 10.5 Å². The van der Waals surface area contributed by atoms with E-state index < -0.39 is 0 Å². The van der Waals surface area contributed by atoms with E-state index in [1.165, 1.54) is 11.8 Å². The molecule has 0 aromatic heterocycles. The van der Waals surface area contributed by atoms with Crippen LogP contribution in [0.1, 0.15) is 24.1 Å². The molecule has 4 nitrogen and oxygen atoms in total. The third-order valence-electron chi connectivity index (χ3n) is 3.95. The van der Waals surface area contributed by atoms with Gasteiger partial charge in [0.1, 0.15) is 13.2 Å². The summed E-state index contributed by atoms with van der Waals surface area (Å²) in [5.74, 6) is 2.45. The molecule has 1 amide bonds. The van der Waals surface area contributed by atoms with Gasteiger partial charge in [-0.3, -0.25) is 4.79 Å². The lowest BCUT2D eigenvalue weighted by Crippen LogP contribution is -2.28. The van der Waals surface area contributed by atoms with E-state index in [-0.39, 0.29) is 11.9 Å². The van der Waals surface area contributed by atoms with Crippen molar-refractivity contribution in [3.8, 4) is 11.5 Å². The number of carbonyl (C=O) groups is 1. The topological polar surface area (TPSA) is 47.6 Å². The zero-order valence-corrected chi connectivity index (χ0v) is 16.6. The lowest BCUT2D eigenvalue weighted by atomic mass is 10.1. The number of amides is 1. The zero-order chi connectivity index (χ0) is 18.5. The zero-order valence-electron chi connectivity index (χ0n) is 14.3. The Morgan fingerprint density at radius 3 is 2.69 bits per heavy atom. The fraction of sp³-hybridized carbons (Fsp3) is 0.316. The van der Waals surface area contributed by atoms with Crippen molar-refractivity contribution in [2.24, 2.45) is 0 Å². The van der Waals surface area contributed by atoms with Crippen LogP contribution in [0.4, 0.5) is 0 Å². The smallest absolute Gasteiger partial charge is 0.230 e. The Bertz CT molecular complexity index is 800. The Morgan fingerprint density at radius 1 is 1.15 bits per heavy atom. The van der Waals surface area contributed by atoms with Gasteiger partial charge in [-0.05, 0) is 42.3 Å². The monoisotopic (exact) mass is 411 g/mol. The summed E-state index contributed by atoms with van der Waals surface area (Å²) in [4.78, 5) is 12.2. The van der Waals surface area contributed by atoms with E-state index in [2.05, 4.69) is 5.32 Å². The SMILES string of the molecule is C[C@@H](NC(=O)CSCc1ccc(Cl)cc1Cl)c1ccc2c(c1)OCCO2. The third kappa shape index (κ3) is 5.00. The molecule has 7 heteroatoms. The maximum Gasteiger partial charge on any atom is 0.230 e. The summed E-state index contributed by atoms with van der Waals surface area (Å²) >= 11 is 13.5. The molecule has 0 saturated heterocycles. The number of halogens is 2. The van der Waals surface area contributed by atoms with E-state index in [1.54, 1.807) is 12.1 Å². The Balaban J connectivity index is 1.49. The van der Waals surface area contributed by atoms with Crippen molar-refractivity contribution in [2.75, 3.05) is 19.0 Å². The number of rotatable bonds is 6. The summed E-state index contributed by atoms with van der Waals surface area (Å²) in [5.41, 5.74) is 1.95. The van der Waals surface area contributed by atoms with Crippen LogP contribution in [0, 0.1) is 0 Å². The van der Waals surface area contributed by atoms with Gasteiger partial charge < -0.3 is 14.8 Å². The minimum atomic E-state index is -0.113. The molecule has 1 aliphatic rings. The molecule has 2 aromatic rings. The molecule has 0 bridgehead atoms. The van der Waals surface area contributed by atoms with Crippen LogP contribution >= 0.6 is 35.0 Å². The van der Waals surface area contributed by atoms with Gasteiger partial charge in [-0.1, -0.05) is 35.3 Å². The van der Waals surface area contributed by atoms with Gasteiger partial charge in [-0.2, -0.15) is 0 Å². The minimum absolute atomic E-state index is 0.0255. The molecule has 3 rings (SSSR count). The van der Waals surface area contributed by atoms with Gasteiger partial charge in [0.05, 0.1) is 11.8 Å². The molecule has 0 unspecified atom stereocenters. The predicted molar refractivity (Wildman–Crippen MR) is 107 cm³/mol. The van der Waals surface area contributed by atoms with E-state index in [9.17, 15) is 4.79 Å². The maximum absolute atomic E-state index is 12.2. The average molecular weight is 412 g/mol.